The Morgan fingerprint density at radius 2 is 2.00 bits per heavy atom. The van der Waals surface area contributed by atoms with Crippen LogP contribution in [0.4, 0.5) is 0 Å². The van der Waals surface area contributed by atoms with Crippen LogP contribution in [0.5, 0.6) is 0 Å². The Hall–Kier alpha value is -0.910. The minimum Gasteiger partial charge on any atom is -0.266 e. The number of nitrogens with zero attached hydrogens (tertiary/aromatic N) is 3. The van der Waals surface area contributed by atoms with Crippen LogP contribution in [0.2, 0.25) is 0 Å². The number of hydrogen-bond acceptors (Lipinski definition) is 3. The molecule has 0 saturated heterocycles. The van der Waals surface area contributed by atoms with Gasteiger partial charge in [-0.3, -0.25) is 9.36 Å². The van der Waals surface area contributed by atoms with Gasteiger partial charge in [-0.15, -0.1) is 0 Å². The lowest BCUT2D eigenvalue weighted by molar-refractivity contribution is 0.444. The zero-order chi connectivity index (χ0) is 11.6. The lowest BCUT2D eigenvalue weighted by Gasteiger charge is -2.08. The molecule has 0 aliphatic carbocycles. The van der Waals surface area contributed by atoms with Crippen LogP contribution in [-0.4, -0.2) is 14.3 Å². The Bertz CT molecular complexity index is 461. The van der Waals surface area contributed by atoms with Gasteiger partial charge < -0.3 is 0 Å². The van der Waals surface area contributed by atoms with Gasteiger partial charge in [0.25, 0.3) is 5.56 Å². The summed E-state index contributed by atoms with van der Waals surface area (Å²) in [4.78, 5) is 22.9. The predicted molar refractivity (Wildman–Crippen MR) is 60.9 cm³/mol. The second kappa shape index (κ2) is 4.74. The van der Waals surface area contributed by atoms with Gasteiger partial charge in [0.2, 0.25) is 0 Å². The highest BCUT2D eigenvalue weighted by Gasteiger charge is 2.08. The van der Waals surface area contributed by atoms with Crippen molar-refractivity contribution >= 4 is 15.9 Å². The number of halogens is 1. The Morgan fingerprint density at radius 3 is 2.53 bits per heavy atom. The zero-order valence-corrected chi connectivity index (χ0v) is 10.6. The lowest BCUT2D eigenvalue weighted by atomic mass is 10.1. The van der Waals surface area contributed by atoms with Crippen molar-refractivity contribution in [2.24, 2.45) is 13.0 Å². The minimum atomic E-state index is -0.402. The monoisotopic (exact) mass is 275 g/mol. The standard InChI is InChI=1S/C9H14BrN3O2/c1-6(2)4-5-13-9(15)12(3)8(14)7(10)11-13/h6H,4-5H2,1-3H3. The largest absolute Gasteiger partial charge is 0.347 e. The van der Waals surface area contributed by atoms with E-state index in [9.17, 15) is 9.59 Å². The van der Waals surface area contributed by atoms with Crippen molar-refractivity contribution in [1.29, 1.82) is 0 Å². The van der Waals surface area contributed by atoms with Gasteiger partial charge in [-0.25, -0.2) is 9.48 Å². The molecule has 1 aromatic heterocycles. The first-order valence-corrected chi connectivity index (χ1v) is 5.56. The van der Waals surface area contributed by atoms with E-state index >= 15 is 0 Å². The van der Waals surface area contributed by atoms with E-state index in [0.29, 0.717) is 12.5 Å². The van der Waals surface area contributed by atoms with Crippen molar-refractivity contribution in [3.8, 4) is 0 Å². The highest BCUT2D eigenvalue weighted by atomic mass is 79.9. The normalized spacial score (nSPS) is 11.0. The van der Waals surface area contributed by atoms with Crippen LogP contribution in [0.25, 0.3) is 0 Å². The number of rotatable bonds is 3. The smallest absolute Gasteiger partial charge is 0.266 e. The molecule has 6 heteroatoms. The van der Waals surface area contributed by atoms with Crippen LogP contribution in [0.1, 0.15) is 20.3 Å². The van der Waals surface area contributed by atoms with Gasteiger partial charge in [0, 0.05) is 13.6 Å². The molecule has 0 fully saturated rings. The lowest BCUT2D eigenvalue weighted by Crippen LogP contribution is -2.40. The number of aromatic nitrogens is 3. The number of aryl methyl sites for hydroxylation is 1. The van der Waals surface area contributed by atoms with Gasteiger partial charge in [0.1, 0.15) is 0 Å². The average molecular weight is 276 g/mol. The molecule has 0 unspecified atom stereocenters. The van der Waals surface area contributed by atoms with Gasteiger partial charge in [-0.1, -0.05) is 13.8 Å². The van der Waals surface area contributed by atoms with Gasteiger partial charge in [-0.2, -0.15) is 5.10 Å². The maximum absolute atomic E-state index is 11.6. The molecule has 5 nitrogen and oxygen atoms in total. The zero-order valence-electron chi connectivity index (χ0n) is 9.03. The maximum atomic E-state index is 11.6. The van der Waals surface area contributed by atoms with Gasteiger partial charge >= 0.3 is 5.69 Å². The third-order valence-electron chi connectivity index (χ3n) is 2.12. The molecule has 0 aliphatic rings. The van der Waals surface area contributed by atoms with Crippen molar-refractivity contribution < 1.29 is 0 Å². The van der Waals surface area contributed by atoms with E-state index in [1.54, 1.807) is 0 Å². The molecule has 0 aliphatic heterocycles. The van der Waals surface area contributed by atoms with Crippen molar-refractivity contribution in [2.45, 2.75) is 26.8 Å². The van der Waals surface area contributed by atoms with Crippen molar-refractivity contribution in [2.75, 3.05) is 0 Å². The van der Waals surface area contributed by atoms with E-state index in [1.807, 2.05) is 0 Å². The molecule has 0 aromatic carbocycles. The van der Waals surface area contributed by atoms with Crippen molar-refractivity contribution in [1.82, 2.24) is 14.3 Å². The van der Waals surface area contributed by atoms with E-state index in [0.717, 1.165) is 11.0 Å². The molecule has 0 radical (unpaired) electrons. The Kier molecular flexibility index (Phi) is 3.84. The van der Waals surface area contributed by atoms with Crippen LogP contribution in [0, 0.1) is 5.92 Å². The molecule has 1 aromatic rings. The summed E-state index contributed by atoms with van der Waals surface area (Å²) in [5, 5.41) is 3.89. The average Bonchev–Trinajstić information content (AvgIpc) is 2.18. The first-order valence-electron chi connectivity index (χ1n) is 4.77. The van der Waals surface area contributed by atoms with Crippen LogP contribution in [-0.2, 0) is 13.6 Å². The first-order chi connectivity index (χ1) is 6.93. The third kappa shape index (κ3) is 2.77. The second-order valence-electron chi connectivity index (χ2n) is 3.84. The fourth-order valence-electron chi connectivity index (χ4n) is 1.12. The van der Waals surface area contributed by atoms with Crippen LogP contribution < -0.4 is 11.2 Å². The summed E-state index contributed by atoms with van der Waals surface area (Å²) in [6, 6.07) is 0. The fourth-order valence-corrected chi connectivity index (χ4v) is 1.57. The predicted octanol–water partition coefficient (Wildman–Crippen LogP) is 0.751. The topological polar surface area (TPSA) is 56.9 Å². The molecular weight excluding hydrogens is 262 g/mol. The summed E-state index contributed by atoms with van der Waals surface area (Å²) in [6.07, 6.45) is 0.859. The van der Waals surface area contributed by atoms with Gasteiger partial charge in [0.15, 0.2) is 4.60 Å². The number of hydrogen-bond donors (Lipinski definition) is 0. The first kappa shape index (κ1) is 12.2. The van der Waals surface area contributed by atoms with E-state index in [-0.39, 0.29) is 10.3 Å². The fraction of sp³-hybridized carbons (Fsp3) is 0.667. The molecule has 0 atom stereocenters. The van der Waals surface area contributed by atoms with Gasteiger partial charge in [0.05, 0.1) is 0 Å². The van der Waals surface area contributed by atoms with Crippen molar-refractivity contribution in [3.05, 3.63) is 25.4 Å². The summed E-state index contributed by atoms with van der Waals surface area (Å²) in [5.74, 6) is 0.495. The van der Waals surface area contributed by atoms with E-state index in [1.165, 1.54) is 11.7 Å². The molecule has 84 valence electrons. The molecule has 15 heavy (non-hydrogen) atoms. The molecule has 1 rings (SSSR count). The summed E-state index contributed by atoms with van der Waals surface area (Å²) >= 11 is 3.03. The van der Waals surface area contributed by atoms with E-state index in [4.69, 9.17) is 0 Å². The van der Waals surface area contributed by atoms with Crippen LogP contribution >= 0.6 is 15.9 Å². The maximum Gasteiger partial charge on any atom is 0.347 e. The third-order valence-corrected chi connectivity index (χ3v) is 2.61. The van der Waals surface area contributed by atoms with E-state index < -0.39 is 5.56 Å². The van der Waals surface area contributed by atoms with Crippen LogP contribution in [0.3, 0.4) is 0 Å². The Labute approximate surface area is 95.9 Å². The molecular formula is C9H14BrN3O2. The Morgan fingerprint density at radius 1 is 1.40 bits per heavy atom. The molecule has 1 heterocycles. The molecule has 0 spiro atoms. The van der Waals surface area contributed by atoms with Crippen molar-refractivity contribution in [3.63, 3.8) is 0 Å². The summed E-state index contributed by atoms with van der Waals surface area (Å²) in [7, 11) is 1.45. The Balaban J connectivity index is 3.10. The molecule has 0 saturated carbocycles. The van der Waals surface area contributed by atoms with Crippen LogP contribution in [0.15, 0.2) is 14.2 Å². The summed E-state index contributed by atoms with van der Waals surface area (Å²) in [5.41, 5.74) is -0.773. The SMILES string of the molecule is CC(C)CCn1nc(Br)c(=O)n(C)c1=O. The van der Waals surface area contributed by atoms with E-state index in [2.05, 4.69) is 34.9 Å². The van der Waals surface area contributed by atoms with Gasteiger partial charge in [-0.05, 0) is 28.3 Å². The highest BCUT2D eigenvalue weighted by molar-refractivity contribution is 9.10. The molecule has 0 amide bonds. The minimum absolute atomic E-state index is 0.174. The quantitative estimate of drug-likeness (QED) is 0.818. The second-order valence-corrected chi connectivity index (χ2v) is 4.59. The summed E-state index contributed by atoms with van der Waals surface area (Å²) in [6.45, 7) is 4.67. The highest BCUT2D eigenvalue weighted by Crippen LogP contribution is 2.00. The summed E-state index contributed by atoms with van der Waals surface area (Å²) < 4.78 is 2.54. The molecule has 0 bridgehead atoms. The molecule has 0 N–H and O–H groups in total.